The molecule has 1 saturated heterocycles. The third-order valence-corrected chi connectivity index (χ3v) is 2.78. The van der Waals surface area contributed by atoms with E-state index in [1.165, 1.54) is 0 Å². The summed E-state index contributed by atoms with van der Waals surface area (Å²) in [5.41, 5.74) is 0. The quantitative estimate of drug-likeness (QED) is 0.566. The van der Waals surface area contributed by atoms with Crippen LogP contribution in [0.25, 0.3) is 0 Å². The van der Waals surface area contributed by atoms with Crippen molar-refractivity contribution in [2.45, 2.75) is 13.3 Å². The third-order valence-electron chi connectivity index (χ3n) is 2.78. The molecule has 0 aromatic carbocycles. The number of amides is 2. The summed E-state index contributed by atoms with van der Waals surface area (Å²) in [4.78, 5) is 22.5. The van der Waals surface area contributed by atoms with E-state index in [9.17, 15) is 9.59 Å². The molecule has 1 aliphatic rings. The van der Waals surface area contributed by atoms with Crippen LogP contribution < -0.4 is 16.0 Å². The molecule has 0 aromatic rings. The van der Waals surface area contributed by atoms with Crippen LogP contribution in [0.2, 0.25) is 0 Å². The maximum Gasteiger partial charge on any atom is 0.224 e. The predicted octanol–water partition coefficient (Wildman–Crippen LogP) is -0.906. The highest BCUT2D eigenvalue weighted by Gasteiger charge is 2.29. The summed E-state index contributed by atoms with van der Waals surface area (Å²) in [6.45, 7) is 4.12. The standard InChI is InChI=1S/C10H19N3O2/c1-7-5-12-6-8(7)10(15)13-4-3-9(14)11-2/h7-8,12H,3-6H2,1-2H3,(H,11,14)(H,13,15). The zero-order valence-electron chi connectivity index (χ0n) is 9.30. The van der Waals surface area contributed by atoms with Gasteiger partial charge in [-0.15, -0.1) is 0 Å². The largest absolute Gasteiger partial charge is 0.359 e. The molecule has 2 unspecified atom stereocenters. The molecule has 1 fully saturated rings. The van der Waals surface area contributed by atoms with Crippen LogP contribution >= 0.6 is 0 Å². The summed E-state index contributed by atoms with van der Waals surface area (Å²) in [5, 5.41) is 8.47. The van der Waals surface area contributed by atoms with E-state index < -0.39 is 0 Å². The van der Waals surface area contributed by atoms with E-state index >= 15 is 0 Å². The van der Waals surface area contributed by atoms with Gasteiger partial charge in [-0.05, 0) is 12.5 Å². The second-order valence-corrected chi connectivity index (χ2v) is 3.96. The minimum atomic E-state index is -0.0482. The number of carbonyl (C=O) groups is 2. The first-order valence-electron chi connectivity index (χ1n) is 5.34. The topological polar surface area (TPSA) is 70.2 Å². The van der Waals surface area contributed by atoms with Crippen molar-refractivity contribution in [1.82, 2.24) is 16.0 Å². The summed E-state index contributed by atoms with van der Waals surface area (Å²) < 4.78 is 0. The fourth-order valence-corrected chi connectivity index (χ4v) is 1.72. The average Bonchev–Trinajstić information content (AvgIpc) is 2.64. The van der Waals surface area contributed by atoms with Crippen LogP contribution in [0.1, 0.15) is 13.3 Å². The first-order valence-corrected chi connectivity index (χ1v) is 5.34. The van der Waals surface area contributed by atoms with Crippen molar-refractivity contribution in [3.8, 4) is 0 Å². The van der Waals surface area contributed by atoms with Crippen molar-refractivity contribution >= 4 is 11.8 Å². The Morgan fingerprint density at radius 3 is 2.67 bits per heavy atom. The van der Waals surface area contributed by atoms with Crippen LogP contribution in [0.3, 0.4) is 0 Å². The number of carbonyl (C=O) groups excluding carboxylic acids is 2. The second-order valence-electron chi connectivity index (χ2n) is 3.96. The van der Waals surface area contributed by atoms with Gasteiger partial charge < -0.3 is 16.0 Å². The molecular formula is C10H19N3O2. The molecule has 2 amide bonds. The van der Waals surface area contributed by atoms with E-state index in [-0.39, 0.29) is 17.7 Å². The maximum absolute atomic E-state index is 11.6. The minimum Gasteiger partial charge on any atom is -0.359 e. The molecular weight excluding hydrogens is 194 g/mol. The maximum atomic E-state index is 11.6. The third kappa shape index (κ3) is 3.51. The molecule has 3 N–H and O–H groups in total. The van der Waals surface area contributed by atoms with E-state index in [0.29, 0.717) is 18.9 Å². The molecule has 15 heavy (non-hydrogen) atoms. The number of hydrogen-bond acceptors (Lipinski definition) is 3. The number of hydrogen-bond donors (Lipinski definition) is 3. The Morgan fingerprint density at radius 1 is 1.40 bits per heavy atom. The van der Waals surface area contributed by atoms with Crippen LogP contribution in [0.5, 0.6) is 0 Å². The van der Waals surface area contributed by atoms with Crippen molar-refractivity contribution in [2.75, 3.05) is 26.7 Å². The number of rotatable bonds is 4. The lowest BCUT2D eigenvalue weighted by Crippen LogP contribution is -2.36. The Kier molecular flexibility index (Phi) is 4.55. The predicted molar refractivity (Wildman–Crippen MR) is 57.2 cm³/mol. The molecule has 0 radical (unpaired) electrons. The van der Waals surface area contributed by atoms with Crippen LogP contribution in [-0.2, 0) is 9.59 Å². The van der Waals surface area contributed by atoms with E-state index in [2.05, 4.69) is 22.9 Å². The van der Waals surface area contributed by atoms with Gasteiger partial charge in [-0.2, -0.15) is 0 Å². The molecule has 5 heteroatoms. The van der Waals surface area contributed by atoms with Crippen molar-refractivity contribution in [2.24, 2.45) is 11.8 Å². The Balaban J connectivity index is 2.21. The van der Waals surface area contributed by atoms with Gasteiger partial charge in [-0.1, -0.05) is 6.92 Å². The van der Waals surface area contributed by atoms with Gasteiger partial charge in [0.25, 0.3) is 0 Å². The Hall–Kier alpha value is -1.10. The lowest BCUT2D eigenvalue weighted by Gasteiger charge is -2.13. The molecule has 0 bridgehead atoms. The van der Waals surface area contributed by atoms with Gasteiger partial charge in [0.05, 0.1) is 5.92 Å². The molecule has 0 aromatic heterocycles. The van der Waals surface area contributed by atoms with Crippen molar-refractivity contribution in [3.63, 3.8) is 0 Å². The fraction of sp³-hybridized carbons (Fsp3) is 0.800. The number of nitrogens with one attached hydrogen (secondary N) is 3. The average molecular weight is 213 g/mol. The van der Waals surface area contributed by atoms with E-state index in [0.717, 1.165) is 13.1 Å². The second kappa shape index (κ2) is 5.70. The smallest absolute Gasteiger partial charge is 0.224 e. The zero-order valence-corrected chi connectivity index (χ0v) is 9.30. The summed E-state index contributed by atoms with van der Waals surface area (Å²) in [6, 6.07) is 0. The SMILES string of the molecule is CNC(=O)CCNC(=O)C1CNCC1C. The van der Waals surface area contributed by atoms with E-state index in [4.69, 9.17) is 0 Å². The molecule has 0 saturated carbocycles. The van der Waals surface area contributed by atoms with Gasteiger partial charge in [0, 0.05) is 26.6 Å². The van der Waals surface area contributed by atoms with Gasteiger partial charge in [0.2, 0.25) is 11.8 Å². The molecule has 0 aliphatic carbocycles. The minimum absolute atomic E-state index is 0.0482. The van der Waals surface area contributed by atoms with Gasteiger partial charge >= 0.3 is 0 Å². The molecule has 2 atom stereocenters. The van der Waals surface area contributed by atoms with Crippen molar-refractivity contribution < 1.29 is 9.59 Å². The highest BCUT2D eigenvalue weighted by Crippen LogP contribution is 2.15. The highest BCUT2D eigenvalue weighted by atomic mass is 16.2. The zero-order chi connectivity index (χ0) is 11.3. The lowest BCUT2D eigenvalue weighted by molar-refractivity contribution is -0.125. The summed E-state index contributed by atoms with van der Waals surface area (Å²) in [6.07, 6.45) is 0.344. The van der Waals surface area contributed by atoms with E-state index in [1.807, 2.05) is 0 Å². The summed E-state index contributed by atoms with van der Waals surface area (Å²) in [5.74, 6) is 0.434. The van der Waals surface area contributed by atoms with Crippen molar-refractivity contribution in [3.05, 3.63) is 0 Å². The molecule has 1 aliphatic heterocycles. The van der Waals surface area contributed by atoms with E-state index in [1.54, 1.807) is 7.05 Å². The molecule has 1 heterocycles. The summed E-state index contributed by atoms with van der Waals surface area (Å²) >= 11 is 0. The van der Waals surface area contributed by atoms with Gasteiger partial charge in [0.15, 0.2) is 0 Å². The van der Waals surface area contributed by atoms with Crippen LogP contribution in [0, 0.1) is 11.8 Å². The van der Waals surface area contributed by atoms with Crippen LogP contribution in [0.4, 0.5) is 0 Å². The first kappa shape index (κ1) is 12.0. The molecule has 1 rings (SSSR count). The fourth-order valence-electron chi connectivity index (χ4n) is 1.72. The molecule has 86 valence electrons. The lowest BCUT2D eigenvalue weighted by atomic mass is 9.97. The highest BCUT2D eigenvalue weighted by molar-refractivity contribution is 5.81. The Bertz CT molecular complexity index is 243. The Labute approximate surface area is 90.0 Å². The van der Waals surface area contributed by atoms with Gasteiger partial charge in [-0.25, -0.2) is 0 Å². The molecule has 5 nitrogen and oxygen atoms in total. The monoisotopic (exact) mass is 213 g/mol. The van der Waals surface area contributed by atoms with Crippen LogP contribution in [0.15, 0.2) is 0 Å². The normalized spacial score (nSPS) is 24.9. The first-order chi connectivity index (χ1) is 7.15. The Morgan fingerprint density at radius 2 is 2.13 bits per heavy atom. The van der Waals surface area contributed by atoms with Gasteiger partial charge in [0.1, 0.15) is 0 Å². The van der Waals surface area contributed by atoms with Gasteiger partial charge in [-0.3, -0.25) is 9.59 Å². The van der Waals surface area contributed by atoms with Crippen molar-refractivity contribution in [1.29, 1.82) is 0 Å². The molecule has 0 spiro atoms. The van der Waals surface area contributed by atoms with Crippen LogP contribution in [-0.4, -0.2) is 38.5 Å². The summed E-state index contributed by atoms with van der Waals surface area (Å²) in [7, 11) is 1.59.